The molecule has 53 heavy (non-hydrogen) atoms. The third-order valence-electron chi connectivity index (χ3n) is 9.25. The van der Waals surface area contributed by atoms with Gasteiger partial charge in [0.15, 0.2) is 6.10 Å². The van der Waals surface area contributed by atoms with Gasteiger partial charge in [0.1, 0.15) is 0 Å². The molecule has 0 aromatic heterocycles. The molecule has 0 saturated carbocycles. The van der Waals surface area contributed by atoms with Crippen molar-refractivity contribution in [2.75, 3.05) is 19.7 Å². The van der Waals surface area contributed by atoms with E-state index in [2.05, 4.69) is 43.5 Å². The van der Waals surface area contributed by atoms with E-state index in [1.807, 2.05) is 6.92 Å². The highest BCUT2D eigenvalue weighted by atomic mass is 31.2. The van der Waals surface area contributed by atoms with E-state index in [4.69, 9.17) is 18.5 Å². The first-order valence-electron chi connectivity index (χ1n) is 21.8. The van der Waals surface area contributed by atoms with Gasteiger partial charge < -0.3 is 19.7 Å². The smallest absolute Gasteiger partial charge is 0.456 e. The molecule has 0 saturated heterocycles. The third-order valence-corrected chi connectivity index (χ3v) is 10.2. The van der Waals surface area contributed by atoms with Crippen LogP contribution in [0.25, 0.3) is 0 Å². The van der Waals surface area contributed by atoms with E-state index in [0.29, 0.717) is 25.9 Å². The summed E-state index contributed by atoms with van der Waals surface area (Å²) in [5, 5.41) is 3.00. The summed E-state index contributed by atoms with van der Waals surface area (Å²) in [5.41, 5.74) is 0. The molecule has 0 rings (SSSR count). The van der Waals surface area contributed by atoms with Crippen LogP contribution in [-0.4, -0.2) is 48.9 Å². The van der Waals surface area contributed by atoms with Gasteiger partial charge in [-0.05, 0) is 77.7 Å². The molecule has 9 nitrogen and oxygen atoms in total. The summed E-state index contributed by atoms with van der Waals surface area (Å²) in [4.78, 5) is 35.6. The summed E-state index contributed by atoms with van der Waals surface area (Å²) in [6.07, 6.45) is 37.1. The first kappa shape index (κ1) is 51.5. The predicted molar refractivity (Wildman–Crippen MR) is 220 cm³/mol. The first-order chi connectivity index (χ1) is 25.8. The SMILES string of the molecule is CCCCCCCC/C=C\CCCCCCCC(=O)OC(OP(=O)(O)OCCNCC)[C@@H](C)OC(=O)CCCCCCC/C=C\CCCCCCCC. The van der Waals surface area contributed by atoms with Crippen molar-refractivity contribution >= 4 is 19.8 Å². The summed E-state index contributed by atoms with van der Waals surface area (Å²) in [5.74, 6) is -1.03. The van der Waals surface area contributed by atoms with E-state index in [0.717, 1.165) is 64.2 Å². The lowest BCUT2D eigenvalue weighted by Crippen LogP contribution is -2.35. The topological polar surface area (TPSA) is 120 Å². The number of rotatable bonds is 40. The van der Waals surface area contributed by atoms with Crippen molar-refractivity contribution in [3.05, 3.63) is 24.3 Å². The molecule has 0 aliphatic rings. The van der Waals surface area contributed by atoms with Crippen LogP contribution in [0.5, 0.6) is 0 Å². The molecule has 312 valence electrons. The van der Waals surface area contributed by atoms with Gasteiger partial charge in [0.25, 0.3) is 0 Å². The normalized spacial score (nSPS) is 14.1. The predicted octanol–water partition coefficient (Wildman–Crippen LogP) is 12.6. The van der Waals surface area contributed by atoms with Crippen LogP contribution >= 0.6 is 7.82 Å². The molecular weight excluding hydrogens is 689 g/mol. The van der Waals surface area contributed by atoms with Crippen LogP contribution in [0.2, 0.25) is 0 Å². The van der Waals surface area contributed by atoms with Crippen molar-refractivity contribution in [2.45, 2.75) is 220 Å². The second-order valence-electron chi connectivity index (χ2n) is 14.5. The quantitative estimate of drug-likeness (QED) is 0.0206. The standard InChI is InChI=1S/C43H82NO8P/c1-5-8-10-12-14-16-18-20-22-24-26-28-30-32-34-36-41(45)50-40(4)43(52-53(47,48)49-39-38-44-7-3)51-42(46)37-35-33-31-29-27-25-23-21-19-17-15-13-11-9-6-2/h20-23,40,43-44H,5-19,24-39H2,1-4H3,(H,47,48)/b22-20-,23-21-/t40-,43?/m1/s1. The average Bonchev–Trinajstić information content (AvgIpc) is 3.13. The second-order valence-corrected chi connectivity index (χ2v) is 15.9. The van der Waals surface area contributed by atoms with E-state index in [1.54, 1.807) is 0 Å². The molecule has 3 atom stereocenters. The Bertz CT molecular complexity index is 943. The molecule has 0 aromatic carbocycles. The lowest BCUT2D eigenvalue weighted by molar-refractivity contribution is -0.193. The molecule has 2 N–H and O–H groups in total. The highest BCUT2D eigenvalue weighted by Gasteiger charge is 2.34. The number of likely N-dealkylation sites (N-methyl/N-ethyl adjacent to an activating group) is 1. The fourth-order valence-electron chi connectivity index (χ4n) is 5.97. The van der Waals surface area contributed by atoms with E-state index in [9.17, 15) is 19.0 Å². The van der Waals surface area contributed by atoms with Gasteiger partial charge >= 0.3 is 19.8 Å². The molecule has 0 bridgehead atoms. The van der Waals surface area contributed by atoms with Crippen molar-refractivity contribution < 1.29 is 37.6 Å². The van der Waals surface area contributed by atoms with Gasteiger partial charge in [-0.1, -0.05) is 148 Å². The van der Waals surface area contributed by atoms with Crippen LogP contribution in [0.4, 0.5) is 0 Å². The Morgan fingerprint density at radius 2 is 0.962 bits per heavy atom. The van der Waals surface area contributed by atoms with Crippen molar-refractivity contribution in [3.63, 3.8) is 0 Å². The maximum Gasteiger partial charge on any atom is 0.475 e. The van der Waals surface area contributed by atoms with Crippen LogP contribution in [0.1, 0.15) is 207 Å². The zero-order chi connectivity index (χ0) is 39.1. The summed E-state index contributed by atoms with van der Waals surface area (Å²) < 4.78 is 33.9. The number of hydrogen-bond donors (Lipinski definition) is 2. The Balaban J connectivity index is 4.42. The Morgan fingerprint density at radius 3 is 1.38 bits per heavy atom. The number of hydrogen-bond acceptors (Lipinski definition) is 8. The number of nitrogens with one attached hydrogen (secondary N) is 1. The highest BCUT2D eigenvalue weighted by Crippen LogP contribution is 2.45. The van der Waals surface area contributed by atoms with Crippen molar-refractivity contribution in [1.29, 1.82) is 0 Å². The minimum atomic E-state index is -4.58. The number of phosphoric ester groups is 1. The zero-order valence-corrected chi connectivity index (χ0v) is 35.5. The molecule has 2 unspecified atom stereocenters. The van der Waals surface area contributed by atoms with Gasteiger partial charge in [0.2, 0.25) is 6.29 Å². The van der Waals surface area contributed by atoms with Crippen molar-refractivity contribution in [2.24, 2.45) is 0 Å². The molecule has 0 radical (unpaired) electrons. The highest BCUT2D eigenvalue weighted by molar-refractivity contribution is 7.47. The van der Waals surface area contributed by atoms with Gasteiger partial charge in [0.05, 0.1) is 6.61 Å². The number of phosphoric acid groups is 1. The maximum absolute atomic E-state index is 12.7. The number of esters is 2. The Hall–Kier alpha value is -1.51. The van der Waals surface area contributed by atoms with Crippen LogP contribution in [0.15, 0.2) is 24.3 Å². The molecule has 0 amide bonds. The Labute approximate surface area is 325 Å². The maximum atomic E-state index is 12.7. The van der Waals surface area contributed by atoms with Crippen LogP contribution in [0, 0.1) is 0 Å². The van der Waals surface area contributed by atoms with Crippen LogP contribution in [-0.2, 0) is 32.7 Å². The van der Waals surface area contributed by atoms with Gasteiger partial charge in [0, 0.05) is 19.4 Å². The fraction of sp³-hybridized carbons (Fsp3) is 0.860. The van der Waals surface area contributed by atoms with E-state index in [-0.39, 0.29) is 19.4 Å². The lowest BCUT2D eigenvalue weighted by Gasteiger charge is -2.25. The molecule has 0 heterocycles. The van der Waals surface area contributed by atoms with Crippen molar-refractivity contribution in [3.8, 4) is 0 Å². The summed E-state index contributed by atoms with van der Waals surface area (Å²) in [7, 11) is -4.58. The number of allylic oxidation sites excluding steroid dienone is 4. The zero-order valence-electron chi connectivity index (χ0n) is 34.6. The Kier molecular flexibility index (Phi) is 37.6. The number of unbranched alkanes of at least 4 members (excludes halogenated alkanes) is 22. The van der Waals surface area contributed by atoms with Gasteiger partial charge in [-0.2, -0.15) is 0 Å². The van der Waals surface area contributed by atoms with Gasteiger partial charge in [-0.15, -0.1) is 0 Å². The first-order valence-corrected chi connectivity index (χ1v) is 23.3. The lowest BCUT2D eigenvalue weighted by atomic mass is 10.1. The van der Waals surface area contributed by atoms with E-state index < -0.39 is 32.2 Å². The fourth-order valence-corrected chi connectivity index (χ4v) is 6.83. The van der Waals surface area contributed by atoms with Crippen LogP contribution < -0.4 is 5.32 Å². The van der Waals surface area contributed by atoms with E-state index >= 15 is 0 Å². The van der Waals surface area contributed by atoms with E-state index in [1.165, 1.54) is 96.8 Å². The third kappa shape index (κ3) is 37.2. The van der Waals surface area contributed by atoms with Crippen molar-refractivity contribution in [1.82, 2.24) is 5.32 Å². The number of carbonyl (C=O) groups excluding carboxylic acids is 2. The minimum absolute atomic E-state index is 0.0686. The molecule has 0 aliphatic carbocycles. The number of ether oxygens (including phenoxy) is 2. The molecular formula is C43H82NO8P. The Morgan fingerprint density at radius 1 is 0.585 bits per heavy atom. The molecule has 0 spiro atoms. The minimum Gasteiger partial charge on any atom is -0.456 e. The second kappa shape index (κ2) is 38.8. The molecule has 10 heteroatoms. The summed E-state index contributed by atoms with van der Waals surface area (Å²) >= 11 is 0. The van der Waals surface area contributed by atoms with Gasteiger partial charge in [-0.3, -0.25) is 14.1 Å². The average molecular weight is 772 g/mol. The number of carbonyl (C=O) groups is 2. The molecule has 0 aliphatic heterocycles. The molecule has 0 fully saturated rings. The summed E-state index contributed by atoms with van der Waals surface area (Å²) in [6, 6.07) is 0. The monoisotopic (exact) mass is 772 g/mol. The summed E-state index contributed by atoms with van der Waals surface area (Å²) in [6.45, 7) is 8.87. The van der Waals surface area contributed by atoms with Crippen LogP contribution in [0.3, 0.4) is 0 Å². The largest absolute Gasteiger partial charge is 0.475 e. The molecule has 0 aromatic rings. The van der Waals surface area contributed by atoms with Gasteiger partial charge in [-0.25, -0.2) is 9.09 Å².